The molecule has 1 aromatic heterocycles. The van der Waals surface area contributed by atoms with Crippen LogP contribution >= 0.6 is 11.6 Å². The quantitative estimate of drug-likeness (QED) is 0.476. The number of carbonyl (C=O) groups is 1. The SMILES string of the molecule is CC(C(=O)NCCc1ccccc1)n1nc(-c2ccccc2)c2cc(Cl)ccc21. The number of nitrogens with zero attached hydrogens (tertiary/aromatic N) is 2. The lowest BCUT2D eigenvalue weighted by Gasteiger charge is -2.14. The minimum atomic E-state index is -0.438. The number of halogens is 1. The number of carbonyl (C=O) groups excluding carboxylic acids is 1. The normalized spacial score (nSPS) is 12.1. The molecular weight excluding hydrogens is 382 g/mol. The van der Waals surface area contributed by atoms with Gasteiger partial charge in [0.25, 0.3) is 0 Å². The Morgan fingerprint density at radius 3 is 2.45 bits per heavy atom. The third-order valence-electron chi connectivity index (χ3n) is 5.02. The van der Waals surface area contributed by atoms with Crippen molar-refractivity contribution in [1.82, 2.24) is 15.1 Å². The topological polar surface area (TPSA) is 46.9 Å². The molecule has 1 unspecified atom stereocenters. The van der Waals surface area contributed by atoms with Gasteiger partial charge in [-0.05, 0) is 37.1 Å². The van der Waals surface area contributed by atoms with Gasteiger partial charge in [-0.2, -0.15) is 5.10 Å². The van der Waals surface area contributed by atoms with Gasteiger partial charge in [-0.3, -0.25) is 9.48 Å². The first-order chi connectivity index (χ1) is 14.1. The second kappa shape index (κ2) is 8.50. The molecule has 3 aromatic carbocycles. The minimum absolute atomic E-state index is 0.0557. The maximum atomic E-state index is 12.8. The van der Waals surface area contributed by atoms with E-state index in [-0.39, 0.29) is 5.91 Å². The largest absolute Gasteiger partial charge is 0.354 e. The molecule has 0 saturated carbocycles. The molecule has 1 amide bonds. The third kappa shape index (κ3) is 4.17. The van der Waals surface area contributed by atoms with Crippen LogP contribution in [0.25, 0.3) is 22.2 Å². The van der Waals surface area contributed by atoms with Gasteiger partial charge in [-0.1, -0.05) is 72.3 Å². The van der Waals surface area contributed by atoms with Crippen molar-refractivity contribution in [2.75, 3.05) is 6.54 Å². The van der Waals surface area contributed by atoms with Crippen LogP contribution in [-0.4, -0.2) is 22.2 Å². The molecule has 0 saturated heterocycles. The van der Waals surface area contributed by atoms with Gasteiger partial charge in [0.1, 0.15) is 11.7 Å². The van der Waals surface area contributed by atoms with Crippen molar-refractivity contribution in [3.8, 4) is 11.3 Å². The lowest BCUT2D eigenvalue weighted by atomic mass is 10.1. The van der Waals surface area contributed by atoms with E-state index in [0.717, 1.165) is 28.6 Å². The summed E-state index contributed by atoms with van der Waals surface area (Å²) in [6, 6.07) is 25.3. The molecule has 0 spiro atoms. The van der Waals surface area contributed by atoms with E-state index in [2.05, 4.69) is 17.4 Å². The van der Waals surface area contributed by atoms with Crippen molar-refractivity contribution in [1.29, 1.82) is 0 Å². The molecule has 29 heavy (non-hydrogen) atoms. The fraction of sp³-hybridized carbons (Fsp3) is 0.167. The number of benzene rings is 3. The molecular formula is C24H22ClN3O. The molecule has 4 nitrogen and oxygen atoms in total. The molecule has 1 atom stereocenters. The van der Waals surface area contributed by atoms with Gasteiger partial charge < -0.3 is 5.32 Å². The maximum absolute atomic E-state index is 12.8. The Labute approximate surface area is 175 Å². The lowest BCUT2D eigenvalue weighted by molar-refractivity contribution is -0.123. The van der Waals surface area contributed by atoms with Crippen molar-refractivity contribution in [2.45, 2.75) is 19.4 Å². The Hall–Kier alpha value is -3.11. The molecule has 4 aromatic rings. The van der Waals surface area contributed by atoms with Gasteiger partial charge in [0.05, 0.1) is 5.52 Å². The number of hydrogen-bond donors (Lipinski definition) is 1. The van der Waals surface area contributed by atoms with Crippen LogP contribution in [-0.2, 0) is 11.2 Å². The van der Waals surface area contributed by atoms with Crippen LogP contribution in [0.5, 0.6) is 0 Å². The summed E-state index contributed by atoms with van der Waals surface area (Å²) in [5, 5.41) is 9.40. The van der Waals surface area contributed by atoms with Crippen LogP contribution in [0.1, 0.15) is 18.5 Å². The summed E-state index contributed by atoms with van der Waals surface area (Å²) in [5.74, 6) is -0.0557. The Kier molecular flexibility index (Phi) is 5.63. The average molecular weight is 404 g/mol. The zero-order valence-electron chi connectivity index (χ0n) is 16.2. The summed E-state index contributed by atoms with van der Waals surface area (Å²) < 4.78 is 1.78. The highest BCUT2D eigenvalue weighted by molar-refractivity contribution is 6.31. The number of rotatable bonds is 6. The van der Waals surface area contributed by atoms with Crippen LogP contribution in [0.15, 0.2) is 78.9 Å². The second-order valence-electron chi connectivity index (χ2n) is 7.02. The first-order valence-corrected chi connectivity index (χ1v) is 10.1. The molecule has 0 aliphatic carbocycles. The highest BCUT2D eigenvalue weighted by Crippen LogP contribution is 2.31. The lowest BCUT2D eigenvalue weighted by Crippen LogP contribution is -2.32. The van der Waals surface area contributed by atoms with Crippen LogP contribution < -0.4 is 5.32 Å². The fourth-order valence-electron chi connectivity index (χ4n) is 3.45. The van der Waals surface area contributed by atoms with E-state index in [4.69, 9.17) is 16.7 Å². The molecule has 146 valence electrons. The number of hydrogen-bond acceptors (Lipinski definition) is 2. The Bertz CT molecular complexity index is 1120. The highest BCUT2D eigenvalue weighted by atomic mass is 35.5. The summed E-state index contributed by atoms with van der Waals surface area (Å²) in [6.07, 6.45) is 0.796. The molecule has 4 rings (SSSR count). The van der Waals surface area contributed by atoms with Crippen molar-refractivity contribution in [3.05, 3.63) is 89.4 Å². The number of amides is 1. The van der Waals surface area contributed by atoms with Crippen molar-refractivity contribution in [2.24, 2.45) is 0 Å². The zero-order chi connectivity index (χ0) is 20.2. The van der Waals surface area contributed by atoms with Crippen LogP contribution in [0.4, 0.5) is 0 Å². The molecule has 0 aliphatic rings. The van der Waals surface area contributed by atoms with Crippen LogP contribution in [0, 0.1) is 0 Å². The van der Waals surface area contributed by atoms with Crippen molar-refractivity contribution < 1.29 is 4.79 Å². The standard InChI is InChI=1S/C24H22ClN3O/c1-17(24(29)26-15-14-18-8-4-2-5-9-18)28-22-13-12-20(25)16-21(22)23(27-28)19-10-6-3-7-11-19/h2-13,16-17H,14-15H2,1H3,(H,26,29). The molecule has 5 heteroatoms. The average Bonchev–Trinajstić information content (AvgIpc) is 3.13. The predicted molar refractivity (Wildman–Crippen MR) is 118 cm³/mol. The van der Waals surface area contributed by atoms with Crippen LogP contribution in [0.3, 0.4) is 0 Å². The van der Waals surface area contributed by atoms with E-state index in [1.54, 1.807) is 4.68 Å². The molecule has 0 fully saturated rings. The van der Waals surface area contributed by atoms with Crippen LogP contribution in [0.2, 0.25) is 5.02 Å². The monoisotopic (exact) mass is 403 g/mol. The molecule has 1 N–H and O–H groups in total. The number of fused-ring (bicyclic) bond motifs is 1. The zero-order valence-corrected chi connectivity index (χ0v) is 16.9. The van der Waals surface area contributed by atoms with Crippen molar-refractivity contribution in [3.63, 3.8) is 0 Å². The maximum Gasteiger partial charge on any atom is 0.244 e. The Balaban J connectivity index is 1.58. The minimum Gasteiger partial charge on any atom is -0.354 e. The van der Waals surface area contributed by atoms with E-state index in [9.17, 15) is 4.79 Å². The predicted octanol–water partition coefficient (Wildman–Crippen LogP) is 5.28. The summed E-state index contributed by atoms with van der Waals surface area (Å²) in [4.78, 5) is 12.8. The van der Waals surface area contributed by atoms with E-state index < -0.39 is 6.04 Å². The van der Waals surface area contributed by atoms with Gasteiger partial charge in [0.15, 0.2) is 0 Å². The van der Waals surface area contributed by atoms with Gasteiger partial charge >= 0.3 is 0 Å². The number of nitrogens with one attached hydrogen (secondary N) is 1. The Morgan fingerprint density at radius 1 is 1.03 bits per heavy atom. The van der Waals surface area contributed by atoms with E-state index >= 15 is 0 Å². The smallest absolute Gasteiger partial charge is 0.244 e. The summed E-state index contributed by atoms with van der Waals surface area (Å²) in [7, 11) is 0. The van der Waals surface area contributed by atoms with Gasteiger partial charge in [-0.15, -0.1) is 0 Å². The molecule has 0 aliphatic heterocycles. The molecule has 0 radical (unpaired) electrons. The summed E-state index contributed by atoms with van der Waals surface area (Å²) in [5.41, 5.74) is 3.91. The molecule has 0 bridgehead atoms. The van der Waals surface area contributed by atoms with Gasteiger partial charge in [-0.25, -0.2) is 0 Å². The summed E-state index contributed by atoms with van der Waals surface area (Å²) in [6.45, 7) is 2.46. The number of aromatic nitrogens is 2. The van der Waals surface area contributed by atoms with E-state index in [0.29, 0.717) is 11.6 Å². The first-order valence-electron chi connectivity index (χ1n) is 9.68. The third-order valence-corrected chi connectivity index (χ3v) is 5.25. The van der Waals surface area contributed by atoms with E-state index in [1.165, 1.54) is 5.56 Å². The Morgan fingerprint density at radius 2 is 1.72 bits per heavy atom. The van der Waals surface area contributed by atoms with Crippen molar-refractivity contribution >= 4 is 28.4 Å². The summed E-state index contributed by atoms with van der Waals surface area (Å²) >= 11 is 6.24. The second-order valence-corrected chi connectivity index (χ2v) is 7.46. The van der Waals surface area contributed by atoms with Gasteiger partial charge in [0.2, 0.25) is 5.91 Å². The highest BCUT2D eigenvalue weighted by Gasteiger charge is 2.21. The van der Waals surface area contributed by atoms with E-state index in [1.807, 2.05) is 73.7 Å². The van der Waals surface area contributed by atoms with Gasteiger partial charge in [0, 0.05) is 22.5 Å². The molecule has 1 heterocycles. The fourth-order valence-corrected chi connectivity index (χ4v) is 3.62. The first kappa shape index (κ1) is 19.2.